The minimum atomic E-state index is -0.505. The van der Waals surface area contributed by atoms with Gasteiger partial charge in [-0.1, -0.05) is 60.7 Å². The zero-order chi connectivity index (χ0) is 18.2. The first-order chi connectivity index (χ1) is 12.8. The molecule has 0 aromatic heterocycles. The predicted molar refractivity (Wildman–Crippen MR) is 102 cm³/mol. The predicted octanol–water partition coefficient (Wildman–Crippen LogP) is 3.88. The van der Waals surface area contributed by atoms with Crippen molar-refractivity contribution < 1.29 is 14.3 Å². The highest BCUT2D eigenvalue weighted by Gasteiger charge is 2.31. The summed E-state index contributed by atoms with van der Waals surface area (Å²) in [6, 6.07) is 19.5. The molecule has 0 N–H and O–H groups in total. The smallest absolute Gasteiger partial charge is 0.331 e. The van der Waals surface area contributed by atoms with Crippen LogP contribution in [0.5, 0.6) is 0 Å². The first-order valence-electron chi connectivity index (χ1n) is 9.22. The quantitative estimate of drug-likeness (QED) is 0.586. The van der Waals surface area contributed by atoms with E-state index in [4.69, 9.17) is 14.5 Å². The van der Waals surface area contributed by atoms with Crippen molar-refractivity contribution in [3.8, 4) is 0 Å². The Kier molecular flexibility index (Phi) is 6.56. The Bertz CT molecular complexity index is 680. The van der Waals surface area contributed by atoms with E-state index in [1.54, 1.807) is 0 Å². The fraction of sp³-hybridized carbons (Fsp3) is 0.364. The van der Waals surface area contributed by atoms with Crippen molar-refractivity contribution in [2.75, 3.05) is 19.8 Å². The number of hydrogen-bond acceptors (Lipinski definition) is 4. The molecule has 1 saturated heterocycles. The zero-order valence-electron chi connectivity index (χ0n) is 15.1. The second-order valence-electron chi connectivity index (χ2n) is 6.36. The first-order valence-corrected chi connectivity index (χ1v) is 9.22. The van der Waals surface area contributed by atoms with Crippen molar-refractivity contribution in [3.05, 3.63) is 71.8 Å². The van der Waals surface area contributed by atoms with Gasteiger partial charge in [0, 0.05) is 24.3 Å². The van der Waals surface area contributed by atoms with E-state index in [9.17, 15) is 4.79 Å². The molecule has 0 aliphatic carbocycles. The zero-order valence-corrected chi connectivity index (χ0v) is 15.1. The number of aliphatic imine (C=N–C) groups is 1. The van der Waals surface area contributed by atoms with Crippen molar-refractivity contribution in [2.24, 2.45) is 10.9 Å². The fourth-order valence-electron chi connectivity index (χ4n) is 3.26. The maximum atomic E-state index is 12.7. The summed E-state index contributed by atoms with van der Waals surface area (Å²) < 4.78 is 10.8. The highest BCUT2D eigenvalue weighted by molar-refractivity contribution is 6.13. The molecule has 1 atom stereocenters. The normalized spacial score (nSPS) is 15.9. The number of carbonyl (C=O) groups excluding carboxylic acids is 1. The van der Waals surface area contributed by atoms with Crippen molar-refractivity contribution in [3.63, 3.8) is 0 Å². The van der Waals surface area contributed by atoms with Crippen LogP contribution in [0.1, 0.15) is 30.9 Å². The summed E-state index contributed by atoms with van der Waals surface area (Å²) >= 11 is 0. The largest absolute Gasteiger partial charge is 0.464 e. The third kappa shape index (κ3) is 4.58. The molecule has 1 unspecified atom stereocenters. The minimum absolute atomic E-state index is 0.144. The highest BCUT2D eigenvalue weighted by atomic mass is 16.5. The first kappa shape index (κ1) is 18.3. The Hall–Kier alpha value is -2.46. The van der Waals surface area contributed by atoms with E-state index >= 15 is 0 Å². The molecule has 1 fully saturated rings. The number of carbonyl (C=O) groups is 1. The Morgan fingerprint density at radius 2 is 1.58 bits per heavy atom. The lowest BCUT2D eigenvalue weighted by Crippen LogP contribution is -2.35. The lowest BCUT2D eigenvalue weighted by molar-refractivity contribution is -0.146. The van der Waals surface area contributed by atoms with E-state index in [2.05, 4.69) is 0 Å². The maximum Gasteiger partial charge on any atom is 0.331 e. The van der Waals surface area contributed by atoms with E-state index in [-0.39, 0.29) is 11.9 Å². The number of esters is 1. The van der Waals surface area contributed by atoms with Gasteiger partial charge in [0.2, 0.25) is 0 Å². The summed E-state index contributed by atoms with van der Waals surface area (Å²) in [5, 5.41) is 0. The molecular formula is C22H25NO3. The van der Waals surface area contributed by atoms with Crippen molar-refractivity contribution in [1.29, 1.82) is 0 Å². The third-order valence-electron chi connectivity index (χ3n) is 4.60. The van der Waals surface area contributed by atoms with Crippen LogP contribution < -0.4 is 0 Å². The number of hydrogen-bond donors (Lipinski definition) is 0. The summed E-state index contributed by atoms with van der Waals surface area (Å²) in [6.07, 6.45) is 1.65. The van der Waals surface area contributed by atoms with Gasteiger partial charge in [-0.15, -0.1) is 0 Å². The second-order valence-corrected chi connectivity index (χ2v) is 6.36. The van der Waals surface area contributed by atoms with Crippen LogP contribution in [-0.4, -0.2) is 37.5 Å². The van der Waals surface area contributed by atoms with Crippen molar-refractivity contribution in [2.45, 2.75) is 25.8 Å². The van der Waals surface area contributed by atoms with Gasteiger partial charge in [0.05, 0.1) is 12.3 Å². The Labute approximate surface area is 154 Å². The van der Waals surface area contributed by atoms with Crippen LogP contribution in [0.15, 0.2) is 65.7 Å². The minimum Gasteiger partial charge on any atom is -0.464 e. The Morgan fingerprint density at radius 1 is 1.04 bits per heavy atom. The highest BCUT2D eigenvalue weighted by Crippen LogP contribution is 2.24. The molecule has 26 heavy (non-hydrogen) atoms. The molecule has 1 aliphatic heterocycles. The number of benzene rings is 2. The van der Waals surface area contributed by atoms with Gasteiger partial charge in [-0.25, -0.2) is 4.79 Å². The molecule has 0 spiro atoms. The van der Waals surface area contributed by atoms with Gasteiger partial charge in [0.1, 0.15) is 0 Å². The van der Waals surface area contributed by atoms with Gasteiger partial charge in [0.15, 0.2) is 6.04 Å². The molecule has 3 rings (SSSR count). The monoisotopic (exact) mass is 351 g/mol. The fourth-order valence-corrected chi connectivity index (χ4v) is 3.26. The average Bonchev–Trinajstić information content (AvgIpc) is 2.71. The molecule has 4 nitrogen and oxygen atoms in total. The Morgan fingerprint density at radius 3 is 2.08 bits per heavy atom. The van der Waals surface area contributed by atoms with Gasteiger partial charge < -0.3 is 9.47 Å². The van der Waals surface area contributed by atoms with E-state index in [0.29, 0.717) is 19.8 Å². The average molecular weight is 351 g/mol. The van der Waals surface area contributed by atoms with Gasteiger partial charge in [-0.3, -0.25) is 4.99 Å². The van der Waals surface area contributed by atoms with Gasteiger partial charge in [-0.2, -0.15) is 0 Å². The molecule has 2 aromatic rings. The molecule has 2 aromatic carbocycles. The van der Waals surface area contributed by atoms with Crippen LogP contribution in [0.3, 0.4) is 0 Å². The van der Waals surface area contributed by atoms with Crippen LogP contribution in [0.2, 0.25) is 0 Å². The lowest BCUT2D eigenvalue weighted by atomic mass is 9.91. The molecule has 0 bridgehead atoms. The molecule has 4 heteroatoms. The lowest BCUT2D eigenvalue weighted by Gasteiger charge is -2.27. The summed E-state index contributed by atoms with van der Waals surface area (Å²) in [6.45, 7) is 3.53. The van der Waals surface area contributed by atoms with E-state index in [1.165, 1.54) is 0 Å². The topological polar surface area (TPSA) is 47.9 Å². The van der Waals surface area contributed by atoms with Crippen molar-refractivity contribution in [1.82, 2.24) is 0 Å². The molecule has 136 valence electrons. The van der Waals surface area contributed by atoms with Crippen LogP contribution in [0.25, 0.3) is 0 Å². The molecule has 1 heterocycles. The Balaban J connectivity index is 2.02. The SMILES string of the molecule is CCOC(=O)C(N=C(c1ccccc1)c1ccccc1)C1CCOCC1. The summed E-state index contributed by atoms with van der Waals surface area (Å²) in [5.74, 6) is -0.103. The van der Waals surface area contributed by atoms with E-state index in [0.717, 1.165) is 29.7 Å². The van der Waals surface area contributed by atoms with Gasteiger partial charge >= 0.3 is 5.97 Å². The molecule has 0 radical (unpaired) electrons. The number of nitrogens with zero attached hydrogens (tertiary/aromatic N) is 1. The maximum absolute atomic E-state index is 12.7. The molecule has 1 aliphatic rings. The molecule has 0 saturated carbocycles. The number of ether oxygens (including phenoxy) is 2. The van der Waals surface area contributed by atoms with Crippen LogP contribution in [0.4, 0.5) is 0 Å². The molecule has 0 amide bonds. The number of rotatable bonds is 6. The third-order valence-corrected chi connectivity index (χ3v) is 4.60. The summed E-state index contributed by atoms with van der Waals surface area (Å²) in [5.41, 5.74) is 2.83. The van der Waals surface area contributed by atoms with Crippen LogP contribution in [-0.2, 0) is 14.3 Å². The summed E-state index contributed by atoms with van der Waals surface area (Å²) in [7, 11) is 0. The van der Waals surface area contributed by atoms with Crippen LogP contribution in [0, 0.1) is 5.92 Å². The van der Waals surface area contributed by atoms with Crippen molar-refractivity contribution >= 4 is 11.7 Å². The summed E-state index contributed by atoms with van der Waals surface area (Å²) in [4.78, 5) is 17.6. The molecular weight excluding hydrogens is 326 g/mol. The van der Waals surface area contributed by atoms with Gasteiger partial charge in [0.25, 0.3) is 0 Å². The second kappa shape index (κ2) is 9.30. The standard InChI is InChI=1S/C22H25NO3/c1-2-26-22(24)21(19-13-15-25-16-14-19)23-20(17-9-5-3-6-10-17)18-11-7-4-8-12-18/h3-12,19,21H,2,13-16H2,1H3. The van der Waals surface area contributed by atoms with Gasteiger partial charge in [-0.05, 0) is 25.7 Å². The van der Waals surface area contributed by atoms with E-state index in [1.807, 2.05) is 67.6 Å². The van der Waals surface area contributed by atoms with Crippen LogP contribution >= 0.6 is 0 Å². The van der Waals surface area contributed by atoms with E-state index < -0.39 is 6.04 Å².